The quantitative estimate of drug-likeness (QED) is 0.494. The zero-order valence-electron chi connectivity index (χ0n) is 20.2. The number of benzene rings is 3. The van der Waals surface area contributed by atoms with E-state index in [4.69, 9.17) is 21.7 Å². The molecule has 0 radical (unpaired) electrons. The molecule has 0 aromatic heterocycles. The Morgan fingerprint density at radius 2 is 1.56 bits per heavy atom. The van der Waals surface area contributed by atoms with E-state index in [9.17, 15) is 9.59 Å². The normalized spacial score (nSPS) is 13.1. The molecule has 0 aliphatic carbocycles. The summed E-state index contributed by atoms with van der Waals surface area (Å²) in [4.78, 5) is 29.7. The summed E-state index contributed by atoms with van der Waals surface area (Å²) in [5, 5.41) is 6.03. The van der Waals surface area contributed by atoms with Crippen molar-refractivity contribution in [3.05, 3.63) is 83.9 Å². The summed E-state index contributed by atoms with van der Waals surface area (Å²) >= 11 is 5.43. The maximum atomic E-state index is 12.8. The molecule has 2 N–H and O–H groups in total. The van der Waals surface area contributed by atoms with Crippen molar-refractivity contribution in [3.8, 4) is 11.5 Å². The Hall–Kier alpha value is -4.11. The number of ether oxygens (including phenoxy) is 2. The van der Waals surface area contributed by atoms with Gasteiger partial charge in [0.15, 0.2) is 5.11 Å². The van der Waals surface area contributed by atoms with Gasteiger partial charge in [0, 0.05) is 37.8 Å². The summed E-state index contributed by atoms with van der Waals surface area (Å²) in [6, 6.07) is 22.0. The fourth-order valence-corrected chi connectivity index (χ4v) is 4.28. The third-order valence-corrected chi connectivity index (χ3v) is 6.17. The number of piperazine rings is 1. The van der Waals surface area contributed by atoms with E-state index in [-0.39, 0.29) is 11.0 Å². The SMILES string of the molecule is COc1ccc(C(=O)NC(=S)Nc2ccccc2N2CCN(C(=O)c3ccccc3)CC2)c(OC)c1. The number of amides is 2. The lowest BCUT2D eigenvalue weighted by Crippen LogP contribution is -2.49. The number of hydrogen-bond acceptors (Lipinski definition) is 6. The first-order valence-electron chi connectivity index (χ1n) is 11.5. The van der Waals surface area contributed by atoms with Crippen molar-refractivity contribution in [1.82, 2.24) is 10.2 Å². The molecule has 0 spiro atoms. The molecule has 2 amide bonds. The predicted molar refractivity (Wildman–Crippen MR) is 144 cm³/mol. The van der Waals surface area contributed by atoms with Gasteiger partial charge in [-0.05, 0) is 48.6 Å². The molecule has 0 bridgehead atoms. The lowest BCUT2D eigenvalue weighted by atomic mass is 10.1. The summed E-state index contributed by atoms with van der Waals surface area (Å²) in [5.41, 5.74) is 2.76. The van der Waals surface area contributed by atoms with Crippen molar-refractivity contribution in [2.24, 2.45) is 0 Å². The molecule has 8 nitrogen and oxygen atoms in total. The van der Waals surface area contributed by atoms with Gasteiger partial charge in [0.2, 0.25) is 0 Å². The minimum atomic E-state index is -0.391. The highest BCUT2D eigenvalue weighted by Crippen LogP contribution is 2.27. The molecule has 1 aliphatic heterocycles. The second-order valence-electron chi connectivity index (χ2n) is 8.14. The molecular formula is C27H28N4O4S. The van der Waals surface area contributed by atoms with E-state index in [1.807, 2.05) is 59.5 Å². The van der Waals surface area contributed by atoms with E-state index in [1.54, 1.807) is 25.3 Å². The van der Waals surface area contributed by atoms with Crippen molar-refractivity contribution >= 4 is 40.5 Å². The highest BCUT2D eigenvalue weighted by molar-refractivity contribution is 7.80. The van der Waals surface area contributed by atoms with E-state index in [0.717, 1.165) is 11.4 Å². The van der Waals surface area contributed by atoms with E-state index < -0.39 is 5.91 Å². The number of carbonyl (C=O) groups excluding carboxylic acids is 2. The van der Waals surface area contributed by atoms with Gasteiger partial charge in [0.05, 0.1) is 31.2 Å². The Morgan fingerprint density at radius 1 is 0.861 bits per heavy atom. The van der Waals surface area contributed by atoms with Gasteiger partial charge < -0.3 is 24.6 Å². The average molecular weight is 505 g/mol. The van der Waals surface area contributed by atoms with Crippen molar-refractivity contribution < 1.29 is 19.1 Å². The number of rotatable bonds is 6. The molecule has 1 aliphatic rings. The van der Waals surface area contributed by atoms with Gasteiger partial charge in [-0.2, -0.15) is 0 Å². The summed E-state index contributed by atoms with van der Waals surface area (Å²) in [6.45, 7) is 2.58. The van der Waals surface area contributed by atoms with Gasteiger partial charge in [-0.25, -0.2) is 0 Å². The summed E-state index contributed by atoms with van der Waals surface area (Å²) in [7, 11) is 3.04. The fraction of sp³-hybridized carbons (Fsp3) is 0.222. The van der Waals surface area contributed by atoms with Crippen LogP contribution in [0.2, 0.25) is 0 Å². The van der Waals surface area contributed by atoms with Crippen LogP contribution in [0.15, 0.2) is 72.8 Å². The van der Waals surface area contributed by atoms with Crippen molar-refractivity contribution in [3.63, 3.8) is 0 Å². The van der Waals surface area contributed by atoms with Gasteiger partial charge >= 0.3 is 0 Å². The number of thiocarbonyl (C=S) groups is 1. The number of nitrogens with one attached hydrogen (secondary N) is 2. The summed E-state index contributed by atoms with van der Waals surface area (Å²) in [5.74, 6) is 0.624. The highest BCUT2D eigenvalue weighted by Gasteiger charge is 2.24. The minimum Gasteiger partial charge on any atom is -0.497 e. The maximum Gasteiger partial charge on any atom is 0.261 e. The van der Waals surface area contributed by atoms with E-state index in [1.165, 1.54) is 7.11 Å². The van der Waals surface area contributed by atoms with Crippen LogP contribution in [0.1, 0.15) is 20.7 Å². The van der Waals surface area contributed by atoms with Crippen LogP contribution in [0.3, 0.4) is 0 Å². The van der Waals surface area contributed by atoms with Crippen LogP contribution >= 0.6 is 12.2 Å². The molecule has 3 aromatic carbocycles. The molecular weight excluding hydrogens is 476 g/mol. The summed E-state index contributed by atoms with van der Waals surface area (Å²) < 4.78 is 10.5. The first-order valence-corrected chi connectivity index (χ1v) is 11.9. The number of para-hydroxylation sites is 2. The molecule has 36 heavy (non-hydrogen) atoms. The lowest BCUT2D eigenvalue weighted by molar-refractivity contribution is 0.0746. The number of carbonyl (C=O) groups is 2. The molecule has 0 saturated carbocycles. The number of anilines is 2. The van der Waals surface area contributed by atoms with Crippen LogP contribution < -0.4 is 25.0 Å². The molecule has 1 heterocycles. The molecule has 3 aromatic rings. The zero-order valence-corrected chi connectivity index (χ0v) is 21.0. The Bertz CT molecular complexity index is 1240. The van der Waals surface area contributed by atoms with Crippen molar-refractivity contribution in [2.75, 3.05) is 50.6 Å². The van der Waals surface area contributed by atoms with Crippen molar-refractivity contribution in [2.45, 2.75) is 0 Å². The van der Waals surface area contributed by atoms with E-state index >= 15 is 0 Å². The lowest BCUT2D eigenvalue weighted by Gasteiger charge is -2.37. The molecule has 0 atom stereocenters. The molecule has 0 unspecified atom stereocenters. The van der Waals surface area contributed by atoms with E-state index in [0.29, 0.717) is 48.8 Å². The minimum absolute atomic E-state index is 0.0412. The molecule has 186 valence electrons. The van der Waals surface area contributed by atoms with Gasteiger partial charge in [-0.1, -0.05) is 30.3 Å². The van der Waals surface area contributed by atoms with Crippen LogP contribution in [0.25, 0.3) is 0 Å². The second-order valence-corrected chi connectivity index (χ2v) is 8.55. The predicted octanol–water partition coefficient (Wildman–Crippen LogP) is 3.79. The smallest absolute Gasteiger partial charge is 0.261 e. The van der Waals surface area contributed by atoms with Gasteiger partial charge in [-0.3, -0.25) is 14.9 Å². The first kappa shape index (κ1) is 25.0. The van der Waals surface area contributed by atoms with Crippen LogP contribution in [0.5, 0.6) is 11.5 Å². The van der Waals surface area contributed by atoms with E-state index in [2.05, 4.69) is 15.5 Å². The van der Waals surface area contributed by atoms with Gasteiger partial charge in [-0.15, -0.1) is 0 Å². The largest absolute Gasteiger partial charge is 0.497 e. The summed E-state index contributed by atoms with van der Waals surface area (Å²) in [6.07, 6.45) is 0. The average Bonchev–Trinajstić information content (AvgIpc) is 2.93. The Morgan fingerprint density at radius 3 is 2.25 bits per heavy atom. The van der Waals surface area contributed by atoms with Crippen LogP contribution in [0.4, 0.5) is 11.4 Å². The Labute approximate surface area is 215 Å². The monoisotopic (exact) mass is 504 g/mol. The van der Waals surface area contributed by atoms with Crippen LogP contribution in [-0.4, -0.2) is 62.2 Å². The van der Waals surface area contributed by atoms with Gasteiger partial charge in [0.1, 0.15) is 11.5 Å². The highest BCUT2D eigenvalue weighted by atomic mass is 32.1. The topological polar surface area (TPSA) is 83.1 Å². The Balaban J connectivity index is 1.39. The third kappa shape index (κ3) is 5.75. The van der Waals surface area contributed by atoms with Crippen molar-refractivity contribution in [1.29, 1.82) is 0 Å². The standard InChI is InChI=1S/C27H28N4O4S/c1-34-20-12-13-21(24(18-20)35-2)25(32)29-27(36)28-22-10-6-7-11-23(22)30-14-16-31(17-15-30)26(33)19-8-4-3-5-9-19/h3-13,18H,14-17H2,1-2H3,(H2,28,29,32,36). The first-order chi connectivity index (χ1) is 17.5. The number of nitrogens with zero attached hydrogens (tertiary/aromatic N) is 2. The number of hydrogen-bond donors (Lipinski definition) is 2. The molecule has 1 fully saturated rings. The molecule has 4 rings (SSSR count). The van der Waals surface area contributed by atoms with Crippen LogP contribution in [-0.2, 0) is 0 Å². The maximum absolute atomic E-state index is 12.8. The third-order valence-electron chi connectivity index (χ3n) is 5.96. The second kappa shape index (κ2) is 11.5. The Kier molecular flexibility index (Phi) is 8.02. The molecule has 1 saturated heterocycles. The fourth-order valence-electron chi connectivity index (χ4n) is 4.08. The van der Waals surface area contributed by atoms with Crippen LogP contribution in [0, 0.1) is 0 Å². The number of methoxy groups -OCH3 is 2. The van der Waals surface area contributed by atoms with Gasteiger partial charge in [0.25, 0.3) is 11.8 Å². The molecule has 9 heteroatoms. The zero-order chi connectivity index (χ0) is 25.5.